The molecule has 0 heterocycles. The van der Waals surface area contributed by atoms with Crippen molar-refractivity contribution in [2.75, 3.05) is 0 Å². The van der Waals surface area contributed by atoms with Crippen molar-refractivity contribution in [1.29, 1.82) is 0 Å². The predicted octanol–water partition coefficient (Wildman–Crippen LogP) is 4.23. The van der Waals surface area contributed by atoms with Gasteiger partial charge >= 0.3 is 0 Å². The molecule has 0 spiro atoms. The Bertz CT molecular complexity index is 923. The first-order valence-electron chi connectivity index (χ1n) is 9.56. The Morgan fingerprint density at radius 3 is 2.30 bits per heavy atom. The third kappa shape index (κ3) is 6.66. The van der Waals surface area contributed by atoms with Crippen LogP contribution in [0.1, 0.15) is 38.8 Å². The molecule has 0 unspecified atom stereocenters. The predicted molar refractivity (Wildman–Crippen MR) is 119 cm³/mol. The van der Waals surface area contributed by atoms with Gasteiger partial charge in [-0.1, -0.05) is 46.3 Å². The third-order valence-electron chi connectivity index (χ3n) is 4.46. The van der Waals surface area contributed by atoms with Crippen LogP contribution in [-0.2, 0) is 22.6 Å². The first-order chi connectivity index (χ1) is 14.0. The molecule has 0 fully saturated rings. The van der Waals surface area contributed by atoms with E-state index in [-0.39, 0.29) is 30.5 Å². The summed E-state index contributed by atoms with van der Waals surface area (Å²) in [4.78, 5) is 38.2. The van der Waals surface area contributed by atoms with Gasteiger partial charge in [-0.15, -0.1) is 0 Å². The van der Waals surface area contributed by atoms with Gasteiger partial charge in [0.05, 0.1) is 11.3 Å². The average molecular weight is 476 g/mol. The molecule has 7 nitrogen and oxygen atoms in total. The summed E-state index contributed by atoms with van der Waals surface area (Å²) >= 11 is 3.38. The number of amides is 2. The number of hydrogen-bond acceptors (Lipinski definition) is 4. The molecule has 2 rings (SSSR count). The zero-order valence-electron chi connectivity index (χ0n) is 17.5. The van der Waals surface area contributed by atoms with E-state index in [1.807, 2.05) is 45.0 Å². The van der Waals surface area contributed by atoms with Crippen LogP contribution in [0.2, 0.25) is 0 Å². The van der Waals surface area contributed by atoms with Gasteiger partial charge in [0, 0.05) is 28.2 Å². The molecule has 1 N–H and O–H groups in total. The summed E-state index contributed by atoms with van der Waals surface area (Å²) in [5, 5.41) is 14.2. The highest BCUT2D eigenvalue weighted by atomic mass is 79.9. The van der Waals surface area contributed by atoms with Gasteiger partial charge in [0.15, 0.2) is 0 Å². The number of nitro benzene ring substituents is 1. The SMILES string of the molecule is C[C@@H](C(=O)NC(C)(C)C)N(Cc1ccc(Br)cc1)C(=O)Cc1ccccc1[N+](=O)[O-]. The minimum Gasteiger partial charge on any atom is -0.350 e. The van der Waals surface area contributed by atoms with Crippen LogP contribution in [0.15, 0.2) is 53.0 Å². The van der Waals surface area contributed by atoms with Crippen molar-refractivity contribution < 1.29 is 14.5 Å². The number of benzene rings is 2. The number of rotatable bonds is 7. The molecule has 0 saturated carbocycles. The first kappa shape index (κ1) is 23.5. The fraction of sp³-hybridized carbons (Fsp3) is 0.364. The van der Waals surface area contributed by atoms with Gasteiger partial charge in [-0.25, -0.2) is 0 Å². The summed E-state index contributed by atoms with van der Waals surface area (Å²) in [5.41, 5.74) is 0.609. The third-order valence-corrected chi connectivity index (χ3v) is 4.99. The van der Waals surface area contributed by atoms with E-state index < -0.39 is 16.5 Å². The molecule has 0 aliphatic rings. The molecule has 30 heavy (non-hydrogen) atoms. The number of nitro groups is 1. The van der Waals surface area contributed by atoms with E-state index in [0.717, 1.165) is 10.0 Å². The molecule has 2 amide bonds. The summed E-state index contributed by atoms with van der Waals surface area (Å²) in [5.74, 6) is -0.640. The van der Waals surface area contributed by atoms with Crippen LogP contribution in [0, 0.1) is 10.1 Å². The van der Waals surface area contributed by atoms with Crippen molar-refractivity contribution in [2.45, 2.75) is 52.2 Å². The zero-order chi connectivity index (χ0) is 22.5. The number of nitrogens with one attached hydrogen (secondary N) is 1. The highest BCUT2D eigenvalue weighted by Crippen LogP contribution is 2.21. The molecular formula is C22H26BrN3O4. The molecule has 0 bridgehead atoms. The van der Waals surface area contributed by atoms with Crippen molar-refractivity contribution in [3.63, 3.8) is 0 Å². The summed E-state index contributed by atoms with van der Waals surface area (Å²) in [6, 6.07) is 12.9. The molecule has 0 radical (unpaired) electrons. The Kier molecular flexibility index (Phi) is 7.72. The highest BCUT2D eigenvalue weighted by molar-refractivity contribution is 9.10. The number of nitrogens with zero attached hydrogens (tertiary/aromatic N) is 2. The fourth-order valence-electron chi connectivity index (χ4n) is 2.95. The van der Waals surface area contributed by atoms with Crippen LogP contribution in [-0.4, -0.2) is 33.2 Å². The second kappa shape index (κ2) is 9.84. The molecule has 8 heteroatoms. The fourth-order valence-corrected chi connectivity index (χ4v) is 3.21. The normalized spacial score (nSPS) is 12.2. The van der Waals surface area contributed by atoms with Crippen LogP contribution >= 0.6 is 15.9 Å². The van der Waals surface area contributed by atoms with E-state index >= 15 is 0 Å². The molecule has 0 aliphatic heterocycles. The summed E-state index contributed by atoms with van der Waals surface area (Å²) in [6.07, 6.45) is -0.166. The average Bonchev–Trinajstić information content (AvgIpc) is 2.65. The van der Waals surface area contributed by atoms with Crippen LogP contribution in [0.25, 0.3) is 0 Å². The van der Waals surface area contributed by atoms with Gasteiger partial charge in [0.2, 0.25) is 11.8 Å². The van der Waals surface area contributed by atoms with Gasteiger partial charge in [-0.05, 0) is 45.4 Å². The van der Waals surface area contributed by atoms with Crippen LogP contribution in [0.5, 0.6) is 0 Å². The lowest BCUT2D eigenvalue weighted by atomic mass is 10.1. The summed E-state index contributed by atoms with van der Waals surface area (Å²) < 4.78 is 0.905. The van der Waals surface area contributed by atoms with Crippen molar-refractivity contribution in [1.82, 2.24) is 10.2 Å². The van der Waals surface area contributed by atoms with E-state index in [4.69, 9.17) is 0 Å². The molecule has 160 valence electrons. The monoisotopic (exact) mass is 475 g/mol. The second-order valence-electron chi connectivity index (χ2n) is 8.13. The number of hydrogen-bond donors (Lipinski definition) is 1. The Morgan fingerprint density at radius 2 is 1.73 bits per heavy atom. The van der Waals surface area contributed by atoms with Gasteiger partial charge in [-0.2, -0.15) is 0 Å². The second-order valence-corrected chi connectivity index (χ2v) is 9.04. The molecule has 2 aromatic carbocycles. The van der Waals surface area contributed by atoms with Crippen molar-refractivity contribution in [3.8, 4) is 0 Å². The molecule has 1 atom stereocenters. The topological polar surface area (TPSA) is 92.6 Å². The van der Waals surface area contributed by atoms with E-state index in [1.165, 1.54) is 11.0 Å². The van der Waals surface area contributed by atoms with Gasteiger partial charge in [0.25, 0.3) is 5.69 Å². The summed E-state index contributed by atoms with van der Waals surface area (Å²) in [7, 11) is 0. The largest absolute Gasteiger partial charge is 0.350 e. The minimum atomic E-state index is -0.747. The van der Waals surface area contributed by atoms with Crippen molar-refractivity contribution in [3.05, 3.63) is 74.2 Å². The maximum Gasteiger partial charge on any atom is 0.273 e. The zero-order valence-corrected chi connectivity index (χ0v) is 19.1. The number of carbonyl (C=O) groups is 2. The van der Waals surface area contributed by atoms with Crippen molar-refractivity contribution >= 4 is 33.4 Å². The molecule has 2 aromatic rings. The molecule has 0 saturated heterocycles. The Balaban J connectivity index is 2.32. The van der Waals surface area contributed by atoms with Crippen LogP contribution < -0.4 is 5.32 Å². The maximum absolute atomic E-state index is 13.2. The smallest absolute Gasteiger partial charge is 0.273 e. The van der Waals surface area contributed by atoms with Gasteiger partial charge in [-0.3, -0.25) is 19.7 Å². The Labute approximate surface area is 184 Å². The minimum absolute atomic E-state index is 0.110. The lowest BCUT2D eigenvalue weighted by Gasteiger charge is -2.31. The first-order valence-corrected chi connectivity index (χ1v) is 10.4. The van der Waals surface area contributed by atoms with Gasteiger partial charge < -0.3 is 10.2 Å². The van der Waals surface area contributed by atoms with Gasteiger partial charge in [0.1, 0.15) is 6.04 Å². The summed E-state index contributed by atoms with van der Waals surface area (Å²) in [6.45, 7) is 7.48. The maximum atomic E-state index is 13.2. The molecule has 0 aromatic heterocycles. The lowest BCUT2D eigenvalue weighted by molar-refractivity contribution is -0.385. The molecule has 0 aliphatic carbocycles. The van der Waals surface area contributed by atoms with Crippen LogP contribution in [0.4, 0.5) is 5.69 Å². The Hall–Kier alpha value is -2.74. The number of para-hydroxylation sites is 1. The van der Waals surface area contributed by atoms with E-state index in [2.05, 4.69) is 21.2 Å². The number of carbonyl (C=O) groups excluding carboxylic acids is 2. The lowest BCUT2D eigenvalue weighted by Crippen LogP contribution is -2.52. The quantitative estimate of drug-likeness (QED) is 0.478. The standard InChI is InChI=1S/C22H26BrN3O4/c1-15(21(28)24-22(2,3)4)25(14-16-9-11-18(23)12-10-16)20(27)13-17-7-5-6-8-19(17)26(29)30/h5-12,15H,13-14H2,1-4H3,(H,24,28)/t15-/m0/s1. The Morgan fingerprint density at radius 1 is 1.13 bits per heavy atom. The number of halogens is 1. The van der Waals surface area contributed by atoms with Crippen molar-refractivity contribution in [2.24, 2.45) is 0 Å². The highest BCUT2D eigenvalue weighted by Gasteiger charge is 2.29. The molecular weight excluding hydrogens is 450 g/mol. The van der Waals surface area contributed by atoms with Crippen LogP contribution in [0.3, 0.4) is 0 Å². The van der Waals surface area contributed by atoms with E-state index in [1.54, 1.807) is 25.1 Å². The van der Waals surface area contributed by atoms with E-state index in [9.17, 15) is 19.7 Å². The van der Waals surface area contributed by atoms with E-state index in [0.29, 0.717) is 5.56 Å².